The highest BCUT2D eigenvalue weighted by atomic mass is 16.5. The van der Waals surface area contributed by atoms with Gasteiger partial charge >= 0.3 is 0 Å². The molecule has 0 bridgehead atoms. The Labute approximate surface area is 105 Å². The third-order valence-electron chi connectivity index (χ3n) is 4.24. The smallest absolute Gasteiger partial charge is 0.0694 e. The van der Waals surface area contributed by atoms with Gasteiger partial charge in [0.15, 0.2) is 0 Å². The van der Waals surface area contributed by atoms with Crippen molar-refractivity contribution >= 4 is 0 Å². The van der Waals surface area contributed by atoms with Crippen LogP contribution in [0.15, 0.2) is 0 Å². The topological polar surface area (TPSA) is 30.5 Å². The second kappa shape index (κ2) is 6.72. The molecule has 0 spiro atoms. The molecule has 17 heavy (non-hydrogen) atoms. The van der Waals surface area contributed by atoms with Gasteiger partial charge in [0.2, 0.25) is 0 Å². The maximum Gasteiger partial charge on any atom is 0.0694 e. The molecule has 0 unspecified atom stereocenters. The first-order chi connectivity index (χ1) is 8.35. The summed E-state index contributed by atoms with van der Waals surface area (Å²) in [5, 5.41) is 3.41. The molecule has 0 radical (unpaired) electrons. The average molecular weight is 241 g/mol. The Balaban J connectivity index is 1.67. The Kier molecular flexibility index (Phi) is 5.26. The van der Waals surface area contributed by atoms with Crippen LogP contribution < -0.4 is 5.32 Å². The van der Waals surface area contributed by atoms with Crippen LogP contribution in [0.1, 0.15) is 45.4 Å². The molecule has 2 rings (SSSR count). The molecular weight excluding hydrogens is 214 g/mol. The summed E-state index contributed by atoms with van der Waals surface area (Å²) >= 11 is 0. The summed E-state index contributed by atoms with van der Waals surface area (Å²) < 4.78 is 11.6. The maximum absolute atomic E-state index is 6.26. The molecule has 2 fully saturated rings. The summed E-state index contributed by atoms with van der Waals surface area (Å²) in [6.45, 7) is 7.14. The van der Waals surface area contributed by atoms with E-state index in [1.54, 1.807) is 0 Å². The van der Waals surface area contributed by atoms with E-state index in [0.717, 1.165) is 38.8 Å². The highest BCUT2D eigenvalue weighted by molar-refractivity contribution is 4.90. The minimum absolute atomic E-state index is 0.223. The molecule has 0 atom stereocenters. The van der Waals surface area contributed by atoms with Crippen LogP contribution in [0, 0.1) is 5.92 Å². The fourth-order valence-electron chi connectivity index (χ4n) is 2.74. The maximum atomic E-state index is 6.26. The quantitative estimate of drug-likeness (QED) is 0.694. The van der Waals surface area contributed by atoms with Gasteiger partial charge in [0.1, 0.15) is 0 Å². The lowest BCUT2D eigenvalue weighted by Crippen LogP contribution is -2.44. The monoisotopic (exact) mass is 241 g/mol. The van der Waals surface area contributed by atoms with Crippen LogP contribution in [0.25, 0.3) is 0 Å². The van der Waals surface area contributed by atoms with Gasteiger partial charge in [-0.25, -0.2) is 0 Å². The first kappa shape index (κ1) is 13.3. The van der Waals surface area contributed by atoms with Crippen LogP contribution in [-0.2, 0) is 9.47 Å². The van der Waals surface area contributed by atoms with Gasteiger partial charge in [-0.1, -0.05) is 6.92 Å². The Morgan fingerprint density at radius 1 is 1.29 bits per heavy atom. The minimum Gasteiger partial charge on any atom is -0.381 e. The lowest BCUT2D eigenvalue weighted by atomic mass is 9.77. The fraction of sp³-hybridized carbons (Fsp3) is 1.00. The number of nitrogens with one attached hydrogen (secondary N) is 1. The Hall–Kier alpha value is -0.120. The van der Waals surface area contributed by atoms with Crippen LogP contribution >= 0.6 is 0 Å². The summed E-state index contributed by atoms with van der Waals surface area (Å²) in [6.07, 6.45) is 7.43. The minimum atomic E-state index is 0.223. The van der Waals surface area contributed by atoms with E-state index in [4.69, 9.17) is 9.47 Å². The predicted molar refractivity (Wildman–Crippen MR) is 69.2 cm³/mol. The second-order valence-electron chi connectivity index (χ2n) is 5.51. The average Bonchev–Trinajstić information content (AvgIpc) is 2.33. The summed E-state index contributed by atoms with van der Waals surface area (Å²) in [5.41, 5.74) is 0.223. The first-order valence-electron chi connectivity index (χ1n) is 7.27. The zero-order valence-corrected chi connectivity index (χ0v) is 11.2. The van der Waals surface area contributed by atoms with Crippen LogP contribution in [-0.4, -0.2) is 38.5 Å². The molecule has 1 saturated carbocycles. The van der Waals surface area contributed by atoms with E-state index >= 15 is 0 Å². The first-order valence-corrected chi connectivity index (χ1v) is 7.27. The van der Waals surface area contributed by atoms with E-state index in [9.17, 15) is 0 Å². The Morgan fingerprint density at radius 2 is 2.06 bits per heavy atom. The van der Waals surface area contributed by atoms with Crippen LogP contribution in [0.3, 0.4) is 0 Å². The van der Waals surface area contributed by atoms with Gasteiger partial charge in [-0.05, 0) is 57.5 Å². The molecule has 100 valence electrons. The largest absolute Gasteiger partial charge is 0.381 e. The van der Waals surface area contributed by atoms with Crippen molar-refractivity contribution in [2.45, 2.75) is 51.0 Å². The Morgan fingerprint density at radius 3 is 2.65 bits per heavy atom. The van der Waals surface area contributed by atoms with Crippen molar-refractivity contribution in [3.8, 4) is 0 Å². The van der Waals surface area contributed by atoms with Crippen molar-refractivity contribution in [1.82, 2.24) is 5.32 Å². The zero-order chi connectivity index (χ0) is 12.0. The summed E-state index contributed by atoms with van der Waals surface area (Å²) in [4.78, 5) is 0. The molecule has 3 nitrogen and oxygen atoms in total. The van der Waals surface area contributed by atoms with E-state index in [1.807, 2.05) is 0 Å². The molecule has 1 saturated heterocycles. The zero-order valence-electron chi connectivity index (χ0n) is 11.2. The fourth-order valence-corrected chi connectivity index (χ4v) is 2.74. The summed E-state index contributed by atoms with van der Waals surface area (Å²) in [5.74, 6) is 0.736. The summed E-state index contributed by atoms with van der Waals surface area (Å²) in [6, 6.07) is 0. The van der Waals surface area contributed by atoms with E-state index in [0.29, 0.717) is 0 Å². The molecule has 1 aliphatic carbocycles. The van der Waals surface area contributed by atoms with Crippen molar-refractivity contribution in [3.63, 3.8) is 0 Å². The van der Waals surface area contributed by atoms with Gasteiger partial charge in [-0.3, -0.25) is 0 Å². The lowest BCUT2D eigenvalue weighted by molar-refractivity contribution is -0.123. The molecule has 0 aromatic rings. The van der Waals surface area contributed by atoms with Crippen LogP contribution in [0.4, 0.5) is 0 Å². The van der Waals surface area contributed by atoms with Gasteiger partial charge in [-0.2, -0.15) is 0 Å². The van der Waals surface area contributed by atoms with E-state index < -0.39 is 0 Å². The third kappa shape index (κ3) is 3.94. The third-order valence-corrected chi connectivity index (χ3v) is 4.24. The molecule has 0 amide bonds. The van der Waals surface area contributed by atoms with Crippen LogP contribution in [0.5, 0.6) is 0 Å². The lowest BCUT2D eigenvalue weighted by Gasteiger charge is -2.43. The second-order valence-corrected chi connectivity index (χ2v) is 5.51. The van der Waals surface area contributed by atoms with Gasteiger partial charge < -0.3 is 14.8 Å². The number of rotatable bonds is 7. The summed E-state index contributed by atoms with van der Waals surface area (Å²) in [7, 11) is 0. The van der Waals surface area contributed by atoms with E-state index in [2.05, 4.69) is 12.2 Å². The van der Waals surface area contributed by atoms with Gasteiger partial charge in [0.25, 0.3) is 0 Å². The van der Waals surface area contributed by atoms with Crippen LogP contribution in [0.2, 0.25) is 0 Å². The van der Waals surface area contributed by atoms with Crippen molar-refractivity contribution in [2.24, 2.45) is 5.92 Å². The molecule has 1 heterocycles. The van der Waals surface area contributed by atoms with Gasteiger partial charge in [0.05, 0.1) is 12.2 Å². The van der Waals surface area contributed by atoms with Crippen molar-refractivity contribution in [1.29, 1.82) is 0 Å². The highest BCUT2D eigenvalue weighted by Gasteiger charge is 2.37. The van der Waals surface area contributed by atoms with Crippen molar-refractivity contribution in [2.75, 3.05) is 32.9 Å². The molecule has 0 aromatic carbocycles. The molecule has 2 aliphatic rings. The molecule has 1 N–H and O–H groups in total. The normalized spacial score (nSPS) is 24.5. The SMILES string of the molecule is CCNCCC1(OCC2CCOCC2)CCC1. The standard InChI is InChI=1S/C14H27NO2/c1-2-15-9-8-14(6-3-7-14)17-12-13-4-10-16-11-5-13/h13,15H,2-12H2,1H3. The van der Waals surface area contributed by atoms with E-state index in [1.165, 1.54) is 38.5 Å². The van der Waals surface area contributed by atoms with Gasteiger partial charge in [0, 0.05) is 13.2 Å². The number of hydrogen-bond acceptors (Lipinski definition) is 3. The molecular formula is C14H27NO2. The predicted octanol–water partition coefficient (Wildman–Crippen LogP) is 2.35. The van der Waals surface area contributed by atoms with Crippen molar-refractivity contribution < 1.29 is 9.47 Å². The number of hydrogen-bond donors (Lipinski definition) is 1. The Bertz CT molecular complexity index is 210. The number of ether oxygens (including phenoxy) is 2. The van der Waals surface area contributed by atoms with Gasteiger partial charge in [-0.15, -0.1) is 0 Å². The molecule has 1 aliphatic heterocycles. The molecule has 3 heteroatoms. The molecule has 0 aromatic heterocycles. The highest BCUT2D eigenvalue weighted by Crippen LogP contribution is 2.39. The van der Waals surface area contributed by atoms with E-state index in [-0.39, 0.29) is 5.60 Å². The van der Waals surface area contributed by atoms with Crippen molar-refractivity contribution in [3.05, 3.63) is 0 Å².